The molecule has 3 saturated carbocycles. The zero-order valence-corrected chi connectivity index (χ0v) is 29.2. The van der Waals surface area contributed by atoms with Gasteiger partial charge in [-0.1, -0.05) is 0 Å². The van der Waals surface area contributed by atoms with E-state index in [1.165, 1.54) is 0 Å². The molecule has 2 aromatic carbocycles. The number of aliphatic carboxylic acids is 2. The summed E-state index contributed by atoms with van der Waals surface area (Å²) >= 11 is 12.9. The minimum Gasteiger partial charge on any atom is -0.480 e. The summed E-state index contributed by atoms with van der Waals surface area (Å²) in [5.41, 5.74) is 9.65. The minimum atomic E-state index is -1.04. The normalized spacial score (nSPS) is 25.4. The molecule has 10 nitrogen and oxygen atoms in total. The molecular weight excluding hydrogens is 679 g/mol. The molecular formula is C38H36Cl2N4O6. The molecule has 2 bridgehead atoms. The number of hydrogen-bond donors (Lipinski definition) is 4. The summed E-state index contributed by atoms with van der Waals surface area (Å²) in [5.74, 6) is 1.31. The Hall–Kier alpha value is -4.46. The molecule has 50 heavy (non-hydrogen) atoms. The maximum atomic E-state index is 12.3. The van der Waals surface area contributed by atoms with Crippen molar-refractivity contribution in [3.05, 3.63) is 69.3 Å². The predicted molar refractivity (Wildman–Crippen MR) is 192 cm³/mol. The molecule has 4 heterocycles. The van der Waals surface area contributed by atoms with Crippen molar-refractivity contribution in [2.75, 3.05) is 34.6 Å². The number of carboxylic acid groups (broad SMARTS) is 2. The van der Waals surface area contributed by atoms with E-state index in [1.54, 1.807) is 9.80 Å². The first-order valence-electron chi connectivity index (χ1n) is 16.9. The highest BCUT2D eigenvalue weighted by atomic mass is 35.5. The molecule has 0 unspecified atom stereocenters. The molecule has 4 N–H and O–H groups in total. The fraction of sp³-hybridized carbons (Fsp3) is 0.421. The van der Waals surface area contributed by atoms with Crippen LogP contribution in [0.1, 0.15) is 83.7 Å². The van der Waals surface area contributed by atoms with Crippen molar-refractivity contribution in [1.29, 1.82) is 0 Å². The lowest BCUT2D eigenvalue weighted by molar-refractivity contribution is -0.136. The van der Waals surface area contributed by atoms with Gasteiger partial charge in [-0.3, -0.25) is 9.59 Å². The standard InChI is InChI=1S/C38H36Cl2N4O6/c1-19-13-41-35-23(9-25-33(31(19)35)21(11-39)27(17-45)43(25)15-29(47)48)37-3-6-38(7-4-37,8-5-37)24-10-26-34(32-20(2)14-42-36(24)32)22(12-40)28(18-46)44(26)16-30(49)50/h9-10,13-14,21-22,41-42H,3-8,11-12,15-16H2,1-2H3,(H,47,48)(H,49,50)/t21-,22-,37?,38?/m1/s1. The summed E-state index contributed by atoms with van der Waals surface area (Å²) in [6.07, 6.45) is 9.25. The number of carbonyl (C=O) groups excluding carboxylic acids is 2. The van der Waals surface area contributed by atoms with Gasteiger partial charge in [-0.25, -0.2) is 9.59 Å². The van der Waals surface area contributed by atoms with Crippen LogP contribution in [0.3, 0.4) is 0 Å². The van der Waals surface area contributed by atoms with Gasteiger partial charge in [-0.2, -0.15) is 0 Å². The number of hydrogen-bond acceptors (Lipinski definition) is 6. The van der Waals surface area contributed by atoms with Gasteiger partial charge in [0.15, 0.2) is 0 Å². The SMILES string of the molecule is Cc1c[nH]c2c(C34CCC(c5cc6c(c7c(C)c[nH]c57)[C@H](CCl)C(=C=O)N6CC(=O)O)(CC3)CC4)cc3c(c12)[C@H](CCl)C(=C=O)N3CC(=O)O. The highest BCUT2D eigenvalue weighted by Gasteiger charge is 2.53. The van der Waals surface area contributed by atoms with Gasteiger partial charge in [-0.05, 0) is 109 Å². The molecule has 2 atom stereocenters. The van der Waals surface area contributed by atoms with Gasteiger partial charge in [0.25, 0.3) is 0 Å². The van der Waals surface area contributed by atoms with E-state index in [9.17, 15) is 29.4 Å². The number of carboxylic acids is 2. The third-order valence-electron chi connectivity index (χ3n) is 12.4. The summed E-state index contributed by atoms with van der Waals surface area (Å²) < 4.78 is 0. The fourth-order valence-electron chi connectivity index (χ4n) is 10.0. The maximum absolute atomic E-state index is 12.3. The number of rotatable bonds is 8. The van der Waals surface area contributed by atoms with Crippen molar-refractivity contribution in [2.45, 2.75) is 75.0 Å². The van der Waals surface area contributed by atoms with E-state index in [0.29, 0.717) is 11.4 Å². The molecule has 0 saturated heterocycles. The van der Waals surface area contributed by atoms with E-state index in [4.69, 9.17) is 23.2 Å². The van der Waals surface area contributed by atoms with Gasteiger partial charge in [0, 0.05) is 57.3 Å². The number of nitrogens with one attached hydrogen (secondary N) is 2. The lowest BCUT2D eigenvalue weighted by Crippen LogP contribution is -2.46. The molecule has 3 aliphatic carbocycles. The van der Waals surface area contributed by atoms with Crippen molar-refractivity contribution < 1.29 is 29.4 Å². The van der Waals surface area contributed by atoms with Gasteiger partial charge in [0.1, 0.15) is 36.4 Å². The Kier molecular flexibility index (Phi) is 7.55. The van der Waals surface area contributed by atoms with E-state index in [-0.39, 0.29) is 47.1 Å². The zero-order valence-electron chi connectivity index (χ0n) is 27.7. The molecule has 4 aromatic rings. The third kappa shape index (κ3) is 4.35. The van der Waals surface area contributed by atoms with Crippen LogP contribution in [-0.2, 0) is 30.0 Å². The maximum Gasteiger partial charge on any atom is 0.323 e. The van der Waals surface area contributed by atoms with E-state index in [0.717, 1.165) is 93.7 Å². The van der Waals surface area contributed by atoms with Crippen LogP contribution in [0.4, 0.5) is 11.4 Å². The third-order valence-corrected chi connectivity index (χ3v) is 13.0. The smallest absolute Gasteiger partial charge is 0.323 e. The Labute approximate surface area is 297 Å². The van der Waals surface area contributed by atoms with Crippen LogP contribution < -0.4 is 9.80 Å². The van der Waals surface area contributed by atoms with Crippen LogP contribution in [-0.4, -0.2) is 68.9 Å². The van der Waals surface area contributed by atoms with Crippen molar-refractivity contribution in [3.8, 4) is 0 Å². The molecule has 5 aliphatic rings. The van der Waals surface area contributed by atoms with Crippen LogP contribution in [0.25, 0.3) is 21.8 Å². The number of halogens is 2. The number of aryl methyl sites for hydroxylation is 2. The molecule has 9 rings (SSSR count). The summed E-state index contributed by atoms with van der Waals surface area (Å²) in [7, 11) is 0. The molecule has 0 spiro atoms. The Balaban J connectivity index is 1.25. The van der Waals surface area contributed by atoms with Crippen LogP contribution in [0.5, 0.6) is 0 Å². The van der Waals surface area contributed by atoms with E-state index in [1.807, 2.05) is 38.1 Å². The summed E-state index contributed by atoms with van der Waals surface area (Å²) in [6.45, 7) is 3.33. The second-order valence-electron chi connectivity index (χ2n) is 14.6. The Morgan fingerprint density at radius 1 is 0.740 bits per heavy atom. The van der Waals surface area contributed by atoms with Crippen molar-refractivity contribution in [2.24, 2.45) is 0 Å². The lowest BCUT2D eigenvalue weighted by Gasteiger charge is -2.54. The number of allylic oxidation sites excluding steroid dienone is 2. The van der Waals surface area contributed by atoms with E-state index in [2.05, 4.69) is 22.1 Å². The number of anilines is 2. The van der Waals surface area contributed by atoms with Crippen LogP contribution >= 0.6 is 23.2 Å². The fourth-order valence-corrected chi connectivity index (χ4v) is 10.6. The first-order chi connectivity index (χ1) is 24.0. The van der Waals surface area contributed by atoms with E-state index >= 15 is 0 Å². The summed E-state index contributed by atoms with van der Waals surface area (Å²) in [6, 6.07) is 4.20. The number of aromatic nitrogens is 2. The van der Waals surface area contributed by atoms with Gasteiger partial charge >= 0.3 is 11.9 Å². The molecule has 3 fully saturated rings. The van der Waals surface area contributed by atoms with Crippen LogP contribution in [0.15, 0.2) is 35.9 Å². The number of benzene rings is 2. The van der Waals surface area contributed by atoms with Crippen molar-refractivity contribution in [1.82, 2.24) is 9.97 Å². The van der Waals surface area contributed by atoms with Gasteiger partial charge < -0.3 is 30.0 Å². The first kappa shape index (κ1) is 32.7. The average Bonchev–Trinajstić information content (AvgIpc) is 3.84. The Morgan fingerprint density at radius 2 is 1.10 bits per heavy atom. The molecule has 258 valence electrons. The monoisotopic (exact) mass is 714 g/mol. The van der Waals surface area contributed by atoms with Crippen molar-refractivity contribution in [3.63, 3.8) is 0 Å². The van der Waals surface area contributed by atoms with Crippen LogP contribution in [0, 0.1) is 13.8 Å². The highest BCUT2D eigenvalue weighted by molar-refractivity contribution is 6.20. The summed E-state index contributed by atoms with van der Waals surface area (Å²) in [4.78, 5) is 58.8. The quantitative estimate of drug-likeness (QED) is 0.117. The van der Waals surface area contributed by atoms with Gasteiger partial charge in [-0.15, -0.1) is 23.2 Å². The number of H-pyrrole nitrogens is 2. The topological polar surface area (TPSA) is 147 Å². The molecule has 0 amide bonds. The van der Waals surface area contributed by atoms with Gasteiger partial charge in [0.05, 0.1) is 11.8 Å². The lowest BCUT2D eigenvalue weighted by atomic mass is 9.50. The average molecular weight is 716 g/mol. The Morgan fingerprint density at radius 3 is 1.40 bits per heavy atom. The molecule has 12 heteroatoms. The van der Waals surface area contributed by atoms with E-state index < -0.39 is 23.8 Å². The van der Waals surface area contributed by atoms with Gasteiger partial charge in [0.2, 0.25) is 0 Å². The minimum absolute atomic E-state index is 0.132. The number of alkyl halides is 2. The highest BCUT2D eigenvalue weighted by Crippen LogP contribution is 2.63. The van der Waals surface area contributed by atoms with Crippen LogP contribution in [0.2, 0.25) is 0 Å². The number of nitrogens with zero attached hydrogens (tertiary/aromatic N) is 2. The first-order valence-corrected chi connectivity index (χ1v) is 18.0. The van der Waals surface area contributed by atoms with Crippen molar-refractivity contribution >= 4 is 80.2 Å². The second kappa shape index (κ2) is 11.5. The predicted octanol–water partition coefficient (Wildman–Crippen LogP) is 6.69. The number of carbonyl (C=O) groups is 2. The zero-order chi connectivity index (χ0) is 35.3. The Bertz CT molecular complexity index is 2070. The molecule has 2 aromatic heterocycles. The number of fused-ring (bicyclic) bond motifs is 9. The molecule has 0 radical (unpaired) electrons. The summed E-state index contributed by atoms with van der Waals surface area (Å²) in [5, 5.41) is 21.6. The largest absolute Gasteiger partial charge is 0.480 e. The second-order valence-corrected chi connectivity index (χ2v) is 15.2. The number of aromatic amines is 2. The molecule has 2 aliphatic heterocycles.